The molecule has 0 rings (SSSR count). The summed E-state index contributed by atoms with van der Waals surface area (Å²) in [6.45, 7) is 17.4. The van der Waals surface area contributed by atoms with Crippen molar-refractivity contribution in [2.45, 2.75) is 86.1 Å². The Morgan fingerprint density at radius 3 is 2.00 bits per heavy atom. The lowest BCUT2D eigenvalue weighted by molar-refractivity contribution is 0.123. The van der Waals surface area contributed by atoms with Crippen molar-refractivity contribution in [3.05, 3.63) is 0 Å². The van der Waals surface area contributed by atoms with Crippen molar-refractivity contribution in [1.82, 2.24) is 5.32 Å². The summed E-state index contributed by atoms with van der Waals surface area (Å²) >= 11 is 0. The first-order valence-corrected chi connectivity index (χ1v) is 7.56. The van der Waals surface area contributed by atoms with Crippen molar-refractivity contribution in [3.63, 3.8) is 0 Å². The number of hydrogen-bond donors (Lipinski definition) is 1. The summed E-state index contributed by atoms with van der Waals surface area (Å²) < 4.78 is 0. The number of rotatable bonds is 8. The average molecular weight is 241 g/mol. The van der Waals surface area contributed by atoms with Gasteiger partial charge in [-0.05, 0) is 44.9 Å². The normalized spacial score (nSPS) is 17.8. The van der Waals surface area contributed by atoms with Crippen LogP contribution in [-0.4, -0.2) is 12.1 Å². The van der Waals surface area contributed by atoms with E-state index in [0.29, 0.717) is 5.41 Å². The van der Waals surface area contributed by atoms with Gasteiger partial charge in [-0.2, -0.15) is 0 Å². The monoisotopic (exact) mass is 241 g/mol. The maximum atomic E-state index is 3.74. The van der Waals surface area contributed by atoms with E-state index in [-0.39, 0.29) is 5.54 Å². The van der Waals surface area contributed by atoms with Gasteiger partial charge in [0.2, 0.25) is 0 Å². The van der Waals surface area contributed by atoms with E-state index in [2.05, 4.69) is 53.8 Å². The molecule has 0 bridgehead atoms. The number of unbranched alkanes of at least 4 members (excludes halogenated alkanes) is 1. The lowest BCUT2D eigenvalue weighted by Gasteiger charge is -2.41. The van der Waals surface area contributed by atoms with Gasteiger partial charge in [0.1, 0.15) is 0 Å². The fourth-order valence-corrected chi connectivity index (χ4v) is 2.56. The molecule has 0 aromatic heterocycles. The average Bonchev–Trinajstić information content (AvgIpc) is 2.28. The largest absolute Gasteiger partial charge is 0.312 e. The SMILES string of the molecule is CCCCC(CC)(CNC(C)(C)C)C(C)CC. The first-order valence-electron chi connectivity index (χ1n) is 7.56. The fourth-order valence-electron chi connectivity index (χ4n) is 2.56. The molecule has 1 nitrogen and oxygen atoms in total. The van der Waals surface area contributed by atoms with E-state index in [9.17, 15) is 0 Å². The van der Waals surface area contributed by atoms with Crippen LogP contribution in [0.5, 0.6) is 0 Å². The third-order valence-corrected chi connectivity index (χ3v) is 4.36. The van der Waals surface area contributed by atoms with E-state index in [1.807, 2.05) is 0 Å². The summed E-state index contributed by atoms with van der Waals surface area (Å²) in [6, 6.07) is 0. The summed E-state index contributed by atoms with van der Waals surface area (Å²) in [5.41, 5.74) is 0.734. The van der Waals surface area contributed by atoms with Crippen LogP contribution in [0.3, 0.4) is 0 Å². The standard InChI is InChI=1S/C16H35N/c1-8-11-12-16(10-3,14(4)9-2)13-17-15(5,6)7/h14,17H,8-13H2,1-7H3. The Morgan fingerprint density at radius 1 is 1.06 bits per heavy atom. The molecule has 0 aromatic rings. The van der Waals surface area contributed by atoms with E-state index in [1.54, 1.807) is 0 Å². The summed E-state index contributed by atoms with van der Waals surface area (Å²) in [5, 5.41) is 3.74. The van der Waals surface area contributed by atoms with Gasteiger partial charge >= 0.3 is 0 Å². The van der Waals surface area contributed by atoms with Crippen LogP contribution in [0.15, 0.2) is 0 Å². The van der Waals surface area contributed by atoms with Crippen LogP contribution in [0, 0.1) is 11.3 Å². The zero-order valence-electron chi connectivity index (χ0n) is 13.3. The highest BCUT2D eigenvalue weighted by Crippen LogP contribution is 2.38. The minimum absolute atomic E-state index is 0.236. The van der Waals surface area contributed by atoms with E-state index in [0.717, 1.165) is 5.92 Å². The molecule has 0 saturated carbocycles. The Bertz CT molecular complexity index is 192. The predicted molar refractivity (Wildman–Crippen MR) is 79.5 cm³/mol. The van der Waals surface area contributed by atoms with Gasteiger partial charge in [-0.3, -0.25) is 0 Å². The Hall–Kier alpha value is -0.0400. The molecule has 2 unspecified atom stereocenters. The van der Waals surface area contributed by atoms with Gasteiger partial charge < -0.3 is 5.32 Å². The van der Waals surface area contributed by atoms with Crippen LogP contribution in [0.1, 0.15) is 80.6 Å². The number of hydrogen-bond acceptors (Lipinski definition) is 1. The smallest absolute Gasteiger partial charge is 0.00967 e. The van der Waals surface area contributed by atoms with Crippen molar-refractivity contribution in [2.24, 2.45) is 11.3 Å². The predicted octanol–water partition coefficient (Wildman–Crippen LogP) is 5.01. The first-order chi connectivity index (χ1) is 7.81. The van der Waals surface area contributed by atoms with Crippen LogP contribution in [0.2, 0.25) is 0 Å². The summed E-state index contributed by atoms with van der Waals surface area (Å²) in [4.78, 5) is 0. The Morgan fingerprint density at radius 2 is 1.65 bits per heavy atom. The minimum atomic E-state index is 0.236. The summed E-state index contributed by atoms with van der Waals surface area (Å²) in [5.74, 6) is 0.814. The van der Waals surface area contributed by atoms with Crippen LogP contribution in [0.25, 0.3) is 0 Å². The van der Waals surface area contributed by atoms with Gasteiger partial charge in [0, 0.05) is 12.1 Å². The van der Waals surface area contributed by atoms with Gasteiger partial charge in [0.15, 0.2) is 0 Å². The molecule has 0 aliphatic carbocycles. The molecule has 0 aliphatic rings. The first kappa shape index (κ1) is 17.0. The van der Waals surface area contributed by atoms with Gasteiger partial charge in [0.05, 0.1) is 0 Å². The number of nitrogens with one attached hydrogen (secondary N) is 1. The Balaban J connectivity index is 4.66. The molecule has 0 saturated heterocycles. The fraction of sp³-hybridized carbons (Fsp3) is 1.00. The molecular weight excluding hydrogens is 206 g/mol. The molecule has 17 heavy (non-hydrogen) atoms. The Kier molecular flexibility index (Phi) is 7.39. The molecule has 0 spiro atoms. The highest BCUT2D eigenvalue weighted by Gasteiger charge is 2.33. The molecule has 1 heteroatoms. The third-order valence-electron chi connectivity index (χ3n) is 4.36. The molecule has 0 fully saturated rings. The molecule has 0 radical (unpaired) electrons. The molecule has 0 aliphatic heterocycles. The van der Waals surface area contributed by atoms with Crippen LogP contribution in [-0.2, 0) is 0 Å². The second-order valence-electron chi connectivity index (χ2n) is 6.73. The lowest BCUT2D eigenvalue weighted by Crippen LogP contribution is -2.46. The minimum Gasteiger partial charge on any atom is -0.312 e. The van der Waals surface area contributed by atoms with E-state index in [1.165, 1.54) is 38.6 Å². The van der Waals surface area contributed by atoms with Crippen molar-refractivity contribution >= 4 is 0 Å². The van der Waals surface area contributed by atoms with Crippen molar-refractivity contribution in [3.8, 4) is 0 Å². The highest BCUT2D eigenvalue weighted by atomic mass is 15.0. The molecule has 0 amide bonds. The maximum Gasteiger partial charge on any atom is 0.00967 e. The van der Waals surface area contributed by atoms with Crippen LogP contribution in [0.4, 0.5) is 0 Å². The zero-order valence-corrected chi connectivity index (χ0v) is 13.3. The van der Waals surface area contributed by atoms with E-state index >= 15 is 0 Å². The second-order valence-corrected chi connectivity index (χ2v) is 6.73. The third kappa shape index (κ3) is 5.90. The topological polar surface area (TPSA) is 12.0 Å². The van der Waals surface area contributed by atoms with Crippen molar-refractivity contribution < 1.29 is 0 Å². The lowest BCUT2D eigenvalue weighted by atomic mass is 9.69. The second kappa shape index (κ2) is 7.41. The van der Waals surface area contributed by atoms with Gasteiger partial charge in [-0.15, -0.1) is 0 Å². The summed E-state index contributed by atoms with van der Waals surface area (Å²) in [7, 11) is 0. The van der Waals surface area contributed by atoms with Crippen LogP contribution >= 0.6 is 0 Å². The van der Waals surface area contributed by atoms with E-state index < -0.39 is 0 Å². The van der Waals surface area contributed by atoms with Gasteiger partial charge in [-0.1, -0.05) is 47.0 Å². The van der Waals surface area contributed by atoms with Gasteiger partial charge in [-0.25, -0.2) is 0 Å². The van der Waals surface area contributed by atoms with Crippen molar-refractivity contribution in [1.29, 1.82) is 0 Å². The maximum absolute atomic E-state index is 3.74. The molecule has 0 heterocycles. The highest BCUT2D eigenvalue weighted by molar-refractivity contribution is 4.87. The molecule has 1 N–H and O–H groups in total. The van der Waals surface area contributed by atoms with Gasteiger partial charge in [0.25, 0.3) is 0 Å². The van der Waals surface area contributed by atoms with Crippen LogP contribution < -0.4 is 5.32 Å². The molecule has 0 aromatic carbocycles. The Labute approximate surface area is 110 Å². The summed E-state index contributed by atoms with van der Waals surface area (Å²) in [6.07, 6.45) is 6.64. The molecule has 2 atom stereocenters. The zero-order chi connectivity index (χ0) is 13.5. The quantitative estimate of drug-likeness (QED) is 0.630. The molecular formula is C16H35N. The van der Waals surface area contributed by atoms with Crippen molar-refractivity contribution in [2.75, 3.05) is 6.54 Å². The van der Waals surface area contributed by atoms with E-state index in [4.69, 9.17) is 0 Å². The molecule has 104 valence electrons.